The number of halogens is 3. The second-order valence-corrected chi connectivity index (χ2v) is 7.26. The van der Waals surface area contributed by atoms with E-state index in [1.807, 2.05) is 0 Å². The van der Waals surface area contributed by atoms with Crippen molar-refractivity contribution in [3.8, 4) is 5.75 Å². The third kappa shape index (κ3) is 4.65. The average Bonchev–Trinajstić information content (AvgIpc) is 2.52. The molecule has 3 rings (SSSR count). The van der Waals surface area contributed by atoms with Gasteiger partial charge in [0.05, 0.1) is 5.60 Å². The summed E-state index contributed by atoms with van der Waals surface area (Å²) in [7, 11) is 0. The molecular weight excluding hydrogens is 333 g/mol. The minimum absolute atomic E-state index is 0.115. The van der Waals surface area contributed by atoms with Crippen LogP contribution in [0, 0.1) is 0 Å². The van der Waals surface area contributed by atoms with Gasteiger partial charge >= 0.3 is 6.36 Å². The van der Waals surface area contributed by atoms with Gasteiger partial charge < -0.3 is 20.5 Å². The first kappa shape index (κ1) is 18.5. The molecule has 4 nitrogen and oxygen atoms in total. The van der Waals surface area contributed by atoms with Crippen LogP contribution in [0.15, 0.2) is 24.3 Å². The van der Waals surface area contributed by atoms with Crippen molar-refractivity contribution < 1.29 is 23.0 Å². The molecule has 1 aromatic rings. The maximum atomic E-state index is 12.3. The van der Waals surface area contributed by atoms with E-state index in [0.29, 0.717) is 6.54 Å². The van der Waals surface area contributed by atoms with Crippen molar-refractivity contribution in [2.45, 2.75) is 56.0 Å². The Kier molecular flexibility index (Phi) is 5.27. The van der Waals surface area contributed by atoms with E-state index in [9.17, 15) is 18.3 Å². The van der Waals surface area contributed by atoms with Crippen LogP contribution in [-0.2, 0) is 0 Å². The number of hydrogen-bond acceptors (Lipinski definition) is 4. The molecule has 0 spiro atoms. The van der Waals surface area contributed by atoms with Gasteiger partial charge in [-0.3, -0.25) is 0 Å². The highest BCUT2D eigenvalue weighted by Crippen LogP contribution is 2.44. The van der Waals surface area contributed by atoms with Gasteiger partial charge in [-0.1, -0.05) is 12.1 Å². The lowest BCUT2D eigenvalue weighted by Crippen LogP contribution is -2.49. The number of likely N-dealkylation sites (tertiary alicyclic amines) is 1. The second-order valence-electron chi connectivity index (χ2n) is 7.26. The molecule has 1 atom stereocenters. The Balaban J connectivity index is 1.73. The Morgan fingerprint density at radius 1 is 1.20 bits per heavy atom. The van der Waals surface area contributed by atoms with Crippen LogP contribution >= 0.6 is 0 Å². The van der Waals surface area contributed by atoms with E-state index in [1.165, 1.54) is 12.1 Å². The summed E-state index contributed by atoms with van der Waals surface area (Å²) in [6.45, 7) is 2.48. The molecule has 140 valence electrons. The maximum Gasteiger partial charge on any atom is 0.573 e. The first-order valence-electron chi connectivity index (χ1n) is 8.81. The molecule has 1 aromatic carbocycles. The molecule has 1 heterocycles. The summed E-state index contributed by atoms with van der Waals surface area (Å²) in [6, 6.07) is 6.16. The number of ether oxygens (including phenoxy) is 1. The Morgan fingerprint density at radius 3 is 2.28 bits per heavy atom. The lowest BCUT2D eigenvalue weighted by Gasteiger charge is -2.46. The summed E-state index contributed by atoms with van der Waals surface area (Å²) >= 11 is 0. The van der Waals surface area contributed by atoms with Gasteiger partial charge in [-0.05, 0) is 62.9 Å². The molecule has 1 unspecified atom stereocenters. The average molecular weight is 358 g/mol. The molecule has 1 aliphatic heterocycles. The zero-order valence-corrected chi connectivity index (χ0v) is 14.1. The topological polar surface area (TPSA) is 58.7 Å². The third-order valence-electron chi connectivity index (χ3n) is 5.46. The summed E-state index contributed by atoms with van der Waals surface area (Å²) in [6.07, 6.45) is -0.391. The zero-order valence-electron chi connectivity index (χ0n) is 14.1. The predicted molar refractivity (Wildman–Crippen MR) is 88.3 cm³/mol. The van der Waals surface area contributed by atoms with Gasteiger partial charge in [0.25, 0.3) is 0 Å². The first-order chi connectivity index (χ1) is 11.8. The van der Waals surface area contributed by atoms with Gasteiger partial charge in [0, 0.05) is 18.5 Å². The lowest BCUT2D eigenvalue weighted by molar-refractivity contribution is -0.274. The third-order valence-corrected chi connectivity index (χ3v) is 5.46. The van der Waals surface area contributed by atoms with Crippen LogP contribution in [0.25, 0.3) is 0 Å². The molecule has 0 radical (unpaired) electrons. The summed E-state index contributed by atoms with van der Waals surface area (Å²) in [5.74, 6) is -0.352. The van der Waals surface area contributed by atoms with E-state index in [-0.39, 0.29) is 17.7 Å². The Hall–Kier alpha value is -1.31. The van der Waals surface area contributed by atoms with E-state index in [4.69, 9.17) is 5.73 Å². The van der Waals surface area contributed by atoms with Crippen LogP contribution in [0.5, 0.6) is 5.75 Å². The van der Waals surface area contributed by atoms with Gasteiger partial charge in [-0.15, -0.1) is 13.2 Å². The molecule has 0 aromatic heterocycles. The first-order valence-corrected chi connectivity index (χ1v) is 8.81. The van der Waals surface area contributed by atoms with Gasteiger partial charge in [0.1, 0.15) is 5.75 Å². The van der Waals surface area contributed by atoms with Crippen molar-refractivity contribution >= 4 is 0 Å². The molecule has 25 heavy (non-hydrogen) atoms. The fraction of sp³-hybridized carbons (Fsp3) is 0.667. The van der Waals surface area contributed by atoms with E-state index >= 15 is 0 Å². The number of nitrogens with zero attached hydrogens (tertiary/aromatic N) is 1. The molecule has 2 fully saturated rings. The number of aliphatic hydroxyl groups is 1. The van der Waals surface area contributed by atoms with Crippen molar-refractivity contribution in [3.05, 3.63) is 29.8 Å². The van der Waals surface area contributed by atoms with Gasteiger partial charge in [-0.25, -0.2) is 0 Å². The minimum atomic E-state index is -4.69. The van der Waals surface area contributed by atoms with Gasteiger partial charge in [0.2, 0.25) is 0 Å². The van der Waals surface area contributed by atoms with Crippen molar-refractivity contribution in [1.82, 2.24) is 4.90 Å². The minimum Gasteiger partial charge on any atom is -0.406 e. The van der Waals surface area contributed by atoms with Crippen LogP contribution in [0.1, 0.15) is 43.6 Å². The highest BCUT2D eigenvalue weighted by molar-refractivity contribution is 5.32. The summed E-state index contributed by atoms with van der Waals surface area (Å²) in [4.78, 5) is 2.30. The van der Waals surface area contributed by atoms with Gasteiger partial charge in [-0.2, -0.15) is 0 Å². The number of hydrogen-bond donors (Lipinski definition) is 2. The smallest absolute Gasteiger partial charge is 0.406 e. The van der Waals surface area contributed by atoms with Crippen LogP contribution < -0.4 is 10.5 Å². The van der Waals surface area contributed by atoms with Crippen molar-refractivity contribution in [2.24, 2.45) is 5.73 Å². The summed E-state index contributed by atoms with van der Waals surface area (Å²) < 4.78 is 40.9. The zero-order chi connectivity index (χ0) is 18.1. The molecule has 2 aliphatic rings. The van der Waals surface area contributed by atoms with Crippen molar-refractivity contribution in [2.75, 3.05) is 19.6 Å². The van der Waals surface area contributed by atoms with Crippen molar-refractivity contribution in [1.29, 1.82) is 0 Å². The molecule has 0 bridgehead atoms. The molecular formula is C18H25F3N2O2. The lowest BCUT2D eigenvalue weighted by atomic mass is 9.68. The molecule has 3 N–H and O–H groups in total. The monoisotopic (exact) mass is 358 g/mol. The Bertz CT molecular complexity index is 565. The fourth-order valence-corrected chi connectivity index (χ4v) is 3.77. The number of piperidine rings is 1. The van der Waals surface area contributed by atoms with Crippen LogP contribution in [0.4, 0.5) is 13.2 Å². The maximum absolute atomic E-state index is 12.3. The number of alkyl halides is 3. The number of rotatable bonds is 5. The van der Waals surface area contributed by atoms with E-state index in [2.05, 4.69) is 9.64 Å². The van der Waals surface area contributed by atoms with Gasteiger partial charge in [0.15, 0.2) is 0 Å². The van der Waals surface area contributed by atoms with Crippen molar-refractivity contribution in [3.63, 3.8) is 0 Å². The second kappa shape index (κ2) is 7.13. The molecule has 7 heteroatoms. The van der Waals surface area contributed by atoms with E-state index in [1.54, 1.807) is 12.1 Å². The molecule has 0 amide bonds. The van der Waals surface area contributed by atoms with E-state index in [0.717, 1.165) is 50.8 Å². The van der Waals surface area contributed by atoms with Crippen LogP contribution in [-0.4, -0.2) is 47.6 Å². The highest BCUT2D eigenvalue weighted by Gasteiger charge is 2.43. The fourth-order valence-electron chi connectivity index (χ4n) is 3.77. The SMILES string of the molecule is NC1CCN(CC(c2ccc(OC(F)(F)F)cc2)C2(O)CCC2)CC1. The standard InChI is InChI=1S/C18H25F3N2O2/c19-18(20,21)25-15-4-2-13(3-5-15)16(17(24)8-1-9-17)12-23-10-6-14(22)7-11-23/h2-5,14,16,24H,1,6-12,22H2. The quantitative estimate of drug-likeness (QED) is 0.850. The summed E-state index contributed by atoms with van der Waals surface area (Å²) in [5, 5.41) is 10.9. The number of nitrogens with two attached hydrogens (primary N) is 1. The normalized spacial score (nSPS) is 23.1. The predicted octanol–water partition coefficient (Wildman–Crippen LogP) is 3.01. The van der Waals surface area contributed by atoms with E-state index < -0.39 is 12.0 Å². The highest BCUT2D eigenvalue weighted by atomic mass is 19.4. The summed E-state index contributed by atoms with van der Waals surface area (Å²) in [5.41, 5.74) is 6.03. The number of benzene rings is 1. The molecule has 1 saturated heterocycles. The van der Waals surface area contributed by atoms with Crippen LogP contribution in [0.2, 0.25) is 0 Å². The van der Waals surface area contributed by atoms with Crippen LogP contribution in [0.3, 0.4) is 0 Å². The Morgan fingerprint density at radius 2 is 1.80 bits per heavy atom. The molecule has 1 aliphatic carbocycles. The Labute approximate surface area is 145 Å². The largest absolute Gasteiger partial charge is 0.573 e. The molecule has 1 saturated carbocycles.